The molecule has 0 fully saturated rings. The molecule has 0 radical (unpaired) electrons. The molecule has 1 atom stereocenters. The van der Waals surface area contributed by atoms with Gasteiger partial charge in [-0.25, -0.2) is 8.78 Å². The second-order valence-corrected chi connectivity index (χ2v) is 10.8. The number of nitrogens with zero attached hydrogens (tertiary/aromatic N) is 2. The zero-order valence-corrected chi connectivity index (χ0v) is 23.4. The molecule has 0 bridgehead atoms. The van der Waals surface area contributed by atoms with Crippen molar-refractivity contribution in [2.45, 2.75) is 30.6 Å². The molecule has 0 aliphatic carbocycles. The Morgan fingerprint density at radius 2 is 1.86 bits per heavy atom. The molecule has 3 heterocycles. The number of hydrogen-bond acceptors (Lipinski definition) is 6. The molecule has 2 aliphatic rings. The lowest BCUT2D eigenvalue weighted by Crippen LogP contribution is -2.32. The number of rotatable bonds is 6. The van der Waals surface area contributed by atoms with E-state index in [9.17, 15) is 18.0 Å². The maximum Gasteiger partial charge on any atom is 0.416 e. The molecule has 6 nitrogen and oxygen atoms in total. The zero-order valence-electron chi connectivity index (χ0n) is 24.6. The van der Waals surface area contributed by atoms with Crippen molar-refractivity contribution in [1.29, 1.82) is 0 Å². The number of hydrogen-bond donors (Lipinski definition) is 0. The molecule has 3 aromatic carbocycles. The molecule has 0 amide bonds. The van der Waals surface area contributed by atoms with Crippen LogP contribution < -0.4 is 15.0 Å². The Morgan fingerprint density at radius 3 is 2.58 bits per heavy atom. The summed E-state index contributed by atoms with van der Waals surface area (Å²) >= 11 is 1.18. The number of oxime groups is 1. The fourth-order valence-corrected chi connectivity index (χ4v) is 6.81. The van der Waals surface area contributed by atoms with Gasteiger partial charge < -0.3 is 14.3 Å². The van der Waals surface area contributed by atoms with E-state index in [1.54, 1.807) is 30.3 Å². The number of thioether (sulfide) groups is 1. The van der Waals surface area contributed by atoms with Crippen LogP contribution in [0.1, 0.15) is 36.6 Å². The Morgan fingerprint density at radius 1 is 1.09 bits per heavy atom. The van der Waals surface area contributed by atoms with Gasteiger partial charge in [-0.1, -0.05) is 41.6 Å². The molecule has 12 heteroatoms. The number of benzene rings is 3. The molecule has 0 spiro atoms. The van der Waals surface area contributed by atoms with Gasteiger partial charge in [0.15, 0.2) is 11.6 Å². The molecule has 2 aliphatic heterocycles. The Kier molecular flexibility index (Phi) is 6.77. The van der Waals surface area contributed by atoms with Crippen LogP contribution in [0.15, 0.2) is 75.6 Å². The van der Waals surface area contributed by atoms with Gasteiger partial charge in [-0.2, -0.15) is 13.2 Å². The van der Waals surface area contributed by atoms with Gasteiger partial charge in [-0.05, 0) is 42.3 Å². The van der Waals surface area contributed by atoms with Gasteiger partial charge in [0.05, 0.1) is 22.2 Å². The summed E-state index contributed by atoms with van der Waals surface area (Å²) < 4.78 is 100. The monoisotopic (exact) mass is 616 g/mol. The van der Waals surface area contributed by atoms with Crippen molar-refractivity contribution < 1.29 is 39.0 Å². The van der Waals surface area contributed by atoms with E-state index in [1.165, 1.54) is 42.5 Å². The van der Waals surface area contributed by atoms with Crippen LogP contribution in [0.25, 0.3) is 11.1 Å². The third kappa shape index (κ3) is 4.93. The highest BCUT2D eigenvalue weighted by atomic mass is 32.2. The van der Waals surface area contributed by atoms with E-state index in [0.717, 1.165) is 18.2 Å². The van der Waals surface area contributed by atoms with E-state index in [0.29, 0.717) is 11.3 Å². The van der Waals surface area contributed by atoms with Crippen molar-refractivity contribution in [1.82, 2.24) is 4.57 Å². The third-order valence-corrected chi connectivity index (χ3v) is 8.60. The van der Waals surface area contributed by atoms with Crippen molar-refractivity contribution in [2.75, 3.05) is 19.6 Å². The van der Waals surface area contributed by atoms with E-state index >= 15 is 8.78 Å². The van der Waals surface area contributed by atoms with Gasteiger partial charge in [-0.3, -0.25) is 9.36 Å². The molecule has 4 aromatic rings. The summed E-state index contributed by atoms with van der Waals surface area (Å²) in [5, 5.41) is 4.46. The summed E-state index contributed by atoms with van der Waals surface area (Å²) in [4.78, 5) is 19.5. The van der Waals surface area contributed by atoms with Crippen LogP contribution >= 0.6 is 11.8 Å². The number of aromatic nitrogens is 1. The van der Waals surface area contributed by atoms with Gasteiger partial charge in [0.25, 0.3) is 5.56 Å². The topological polar surface area (TPSA) is 62.1 Å². The van der Waals surface area contributed by atoms with Gasteiger partial charge in [0.2, 0.25) is 12.5 Å². The molecule has 43 heavy (non-hydrogen) atoms. The maximum absolute atomic E-state index is 16.0. The van der Waals surface area contributed by atoms with Crippen LogP contribution in [0.2, 0.25) is 0 Å². The minimum Gasteiger partial charge on any atom is -0.453 e. The second-order valence-electron chi connectivity index (χ2n) is 9.79. The summed E-state index contributed by atoms with van der Waals surface area (Å²) in [7, 11) is 1.33. The summed E-state index contributed by atoms with van der Waals surface area (Å²) in [6, 6.07) is 13.1. The summed E-state index contributed by atoms with van der Waals surface area (Å²) in [6.07, 6.45) is -5.43. The highest BCUT2D eigenvalue weighted by Gasteiger charge is 2.38. The SMILES string of the molecule is [2H]C1([2H])Oc2ccc(-c3c(C)c(Cc4c(F)cccc4C(F)(F)F)c4n(c3=O)C(C(=NOC)c3ccccc3)CS4)c(F)c2O1. The molecule has 222 valence electrons. The molecule has 6 rings (SSSR count). The van der Waals surface area contributed by atoms with Crippen molar-refractivity contribution in [3.05, 3.63) is 110 Å². The van der Waals surface area contributed by atoms with Crippen molar-refractivity contribution in [2.24, 2.45) is 5.16 Å². The fraction of sp³-hybridized carbons (Fsp3) is 0.226. The van der Waals surface area contributed by atoms with E-state index in [2.05, 4.69) is 5.16 Å². The standard InChI is InChI=1S/C31H23F5N2O4S/c1-16-19(13-20-21(31(34,35)36)9-6-10-22(20)32)30-38(23(14-43-30)27(37-40-2)17-7-4-3-5-8-17)29(39)25(16)18-11-12-24-28(26(18)33)42-15-41-24/h3-12,23H,13-15H2,1-2H3/i15D2. The summed E-state index contributed by atoms with van der Waals surface area (Å²) in [6.45, 7) is -1.20. The first kappa shape index (κ1) is 26.3. The van der Waals surface area contributed by atoms with Crippen LogP contribution in [-0.4, -0.2) is 29.9 Å². The van der Waals surface area contributed by atoms with Crippen LogP contribution in [0, 0.1) is 18.6 Å². The van der Waals surface area contributed by atoms with E-state index in [4.69, 9.17) is 17.1 Å². The van der Waals surface area contributed by atoms with E-state index in [1.807, 2.05) is 0 Å². The molecule has 0 N–H and O–H groups in total. The van der Waals surface area contributed by atoms with Gasteiger partial charge in [0, 0.05) is 28.9 Å². The van der Waals surface area contributed by atoms with Crippen LogP contribution in [0.4, 0.5) is 22.0 Å². The number of pyridine rings is 1. The van der Waals surface area contributed by atoms with E-state index < -0.39 is 59.5 Å². The van der Waals surface area contributed by atoms with Crippen LogP contribution in [0.3, 0.4) is 0 Å². The zero-order chi connectivity index (χ0) is 32.3. The van der Waals surface area contributed by atoms with Gasteiger partial charge >= 0.3 is 6.18 Å². The summed E-state index contributed by atoms with van der Waals surface area (Å²) in [5.74, 6) is -2.76. The minimum absolute atomic E-state index is 0.126. The Hall–Kier alpha value is -4.32. The van der Waals surface area contributed by atoms with Crippen molar-refractivity contribution in [3.63, 3.8) is 0 Å². The predicted octanol–water partition coefficient (Wildman–Crippen LogP) is 7.14. The predicted molar refractivity (Wildman–Crippen MR) is 151 cm³/mol. The Balaban J connectivity index is 1.63. The number of fused-ring (bicyclic) bond motifs is 2. The van der Waals surface area contributed by atoms with Crippen LogP contribution in [-0.2, 0) is 17.4 Å². The lowest BCUT2D eigenvalue weighted by molar-refractivity contribution is -0.138. The lowest BCUT2D eigenvalue weighted by Gasteiger charge is -2.22. The molecule has 1 unspecified atom stereocenters. The number of halogens is 5. The van der Waals surface area contributed by atoms with Crippen molar-refractivity contribution >= 4 is 17.5 Å². The first-order valence-electron chi connectivity index (χ1n) is 13.9. The first-order valence-corrected chi connectivity index (χ1v) is 13.9. The van der Waals surface area contributed by atoms with Gasteiger partial charge in [-0.15, -0.1) is 11.8 Å². The Bertz CT molecular complexity index is 1920. The normalized spacial score (nSPS) is 17.8. The average Bonchev–Trinajstić information content (AvgIpc) is 3.56. The largest absolute Gasteiger partial charge is 0.453 e. The smallest absolute Gasteiger partial charge is 0.416 e. The third-order valence-electron chi connectivity index (χ3n) is 7.41. The molecule has 0 saturated heterocycles. The Labute approximate surface area is 249 Å². The van der Waals surface area contributed by atoms with Gasteiger partial charge in [0.1, 0.15) is 21.4 Å². The molecular weight excluding hydrogens is 591 g/mol. The highest BCUT2D eigenvalue weighted by molar-refractivity contribution is 7.99. The van der Waals surface area contributed by atoms with E-state index in [-0.39, 0.29) is 38.8 Å². The molecule has 1 aromatic heterocycles. The van der Waals surface area contributed by atoms with Crippen LogP contribution in [0.5, 0.6) is 11.5 Å². The second kappa shape index (κ2) is 11.1. The quantitative estimate of drug-likeness (QED) is 0.131. The number of ether oxygens (including phenoxy) is 2. The fourth-order valence-electron chi connectivity index (χ4n) is 5.44. The first-order chi connectivity index (χ1) is 21.3. The lowest BCUT2D eigenvalue weighted by atomic mass is 9.92. The summed E-state index contributed by atoms with van der Waals surface area (Å²) in [5.41, 5.74) is -1.73. The maximum atomic E-state index is 16.0. The highest BCUT2D eigenvalue weighted by Crippen LogP contribution is 2.45. The number of alkyl halides is 3. The van der Waals surface area contributed by atoms with Crippen molar-refractivity contribution in [3.8, 4) is 22.6 Å². The minimum atomic E-state index is -4.87. The average molecular weight is 617 g/mol. The molecule has 0 saturated carbocycles. The molecular formula is C31H23F5N2O4S.